The monoisotopic (exact) mass is 486 g/mol. The molecule has 0 amide bonds. The van der Waals surface area contributed by atoms with E-state index >= 15 is 0 Å². The molecule has 7 N–H and O–H groups in total. The Kier molecular flexibility index (Phi) is 5.59. The van der Waals surface area contributed by atoms with Crippen LogP contribution in [0.4, 0.5) is 0 Å². The van der Waals surface area contributed by atoms with Gasteiger partial charge in [0.2, 0.25) is 0 Å². The molecule has 0 radical (unpaired) electrons. The molecule has 0 unspecified atom stereocenters. The van der Waals surface area contributed by atoms with Gasteiger partial charge in [0.1, 0.15) is 0 Å². The van der Waals surface area contributed by atoms with Gasteiger partial charge < -0.3 is 35.7 Å². The van der Waals surface area contributed by atoms with Gasteiger partial charge in [-0.25, -0.2) is 33.6 Å². The van der Waals surface area contributed by atoms with Crippen molar-refractivity contribution in [1.29, 1.82) is 0 Å². The van der Waals surface area contributed by atoms with E-state index in [1.165, 1.54) is 0 Å². The molecule has 14 heteroatoms. The van der Waals surface area contributed by atoms with Crippen molar-refractivity contribution < 1.29 is 69.3 Å². The summed E-state index contributed by atoms with van der Waals surface area (Å²) >= 11 is 0. The number of hydrogen-bond acceptors (Lipinski definition) is 7. The molecule has 0 heterocycles. The molecule has 14 nitrogen and oxygen atoms in total. The maximum Gasteiger partial charge on any atom is 0.337 e. The SMILES string of the molecule is O=C(O)c1ccc2cc3c(C(=O)O)c(C(=O)O)c(C(=O)O)c(C(=O)O)c3c(C(=O)O)c2c1C(=O)O. The predicted molar refractivity (Wildman–Crippen MR) is 110 cm³/mol. The van der Waals surface area contributed by atoms with E-state index in [1.807, 2.05) is 0 Å². The van der Waals surface area contributed by atoms with Gasteiger partial charge in [0, 0.05) is 10.8 Å². The first kappa shape index (κ1) is 24.1. The van der Waals surface area contributed by atoms with Crippen molar-refractivity contribution in [3.8, 4) is 0 Å². The van der Waals surface area contributed by atoms with Gasteiger partial charge >= 0.3 is 41.8 Å². The van der Waals surface area contributed by atoms with Crippen molar-refractivity contribution in [3.05, 3.63) is 57.1 Å². The van der Waals surface area contributed by atoms with Gasteiger partial charge in [-0.05, 0) is 22.9 Å². The lowest BCUT2D eigenvalue weighted by Gasteiger charge is -2.18. The Bertz CT molecular complexity index is 1580. The number of carboxylic acid groups (broad SMARTS) is 7. The summed E-state index contributed by atoms with van der Waals surface area (Å²) < 4.78 is 0. The highest BCUT2D eigenvalue weighted by molar-refractivity contribution is 6.31. The highest BCUT2D eigenvalue weighted by Crippen LogP contribution is 2.39. The quantitative estimate of drug-likeness (QED) is 0.235. The molecule has 3 aromatic carbocycles. The van der Waals surface area contributed by atoms with Crippen LogP contribution < -0.4 is 0 Å². The Morgan fingerprint density at radius 1 is 0.429 bits per heavy atom. The average Bonchev–Trinajstić information content (AvgIpc) is 2.73. The first-order valence-corrected chi connectivity index (χ1v) is 8.98. The van der Waals surface area contributed by atoms with Crippen LogP contribution in [-0.4, -0.2) is 77.5 Å². The molecule has 0 saturated carbocycles. The van der Waals surface area contributed by atoms with Crippen LogP contribution in [0.1, 0.15) is 72.5 Å². The fourth-order valence-electron chi connectivity index (χ4n) is 3.94. The van der Waals surface area contributed by atoms with E-state index in [0.29, 0.717) is 0 Å². The number of hydrogen-bond donors (Lipinski definition) is 7. The zero-order chi connectivity index (χ0) is 26.5. The smallest absolute Gasteiger partial charge is 0.337 e. The summed E-state index contributed by atoms with van der Waals surface area (Å²) in [7, 11) is 0. The fourth-order valence-corrected chi connectivity index (χ4v) is 3.94. The van der Waals surface area contributed by atoms with Crippen LogP contribution in [-0.2, 0) is 0 Å². The van der Waals surface area contributed by atoms with Gasteiger partial charge in [-0.1, -0.05) is 6.07 Å². The molecule has 0 spiro atoms. The average molecular weight is 486 g/mol. The van der Waals surface area contributed by atoms with Crippen molar-refractivity contribution >= 4 is 63.3 Å². The lowest BCUT2D eigenvalue weighted by molar-refractivity contribution is 0.0621. The molecule has 0 aliphatic heterocycles. The second kappa shape index (κ2) is 8.11. The van der Waals surface area contributed by atoms with Crippen LogP contribution in [0.2, 0.25) is 0 Å². The van der Waals surface area contributed by atoms with Crippen molar-refractivity contribution in [2.45, 2.75) is 0 Å². The summed E-state index contributed by atoms with van der Waals surface area (Å²) in [6.07, 6.45) is 0. The standard InChI is InChI=1S/C21H10O14/c22-15(23)5-2-1-4-3-6-8(11(18(28)29)7(4)9(5)16(24)25)12(19(30)31)14(21(34)35)13(20(32)33)10(6)17(26)27/h1-3H,(H,22,23)(H,24,25)(H,26,27)(H,28,29)(H,30,31)(H,32,33)(H,34,35). The lowest BCUT2D eigenvalue weighted by Crippen LogP contribution is -2.22. The molecule has 35 heavy (non-hydrogen) atoms. The van der Waals surface area contributed by atoms with E-state index in [-0.39, 0.29) is 0 Å². The highest BCUT2D eigenvalue weighted by atomic mass is 16.4. The fraction of sp³-hybridized carbons (Fsp3) is 0. The molecule has 0 aromatic heterocycles. The Hall–Kier alpha value is -5.53. The van der Waals surface area contributed by atoms with Crippen molar-refractivity contribution in [2.75, 3.05) is 0 Å². The molecular weight excluding hydrogens is 476 g/mol. The molecular formula is C21H10O14. The largest absolute Gasteiger partial charge is 0.478 e. The van der Waals surface area contributed by atoms with E-state index in [0.717, 1.165) is 18.2 Å². The second-order valence-corrected chi connectivity index (χ2v) is 6.90. The molecule has 0 fully saturated rings. The van der Waals surface area contributed by atoms with Crippen LogP contribution >= 0.6 is 0 Å². The van der Waals surface area contributed by atoms with Crippen molar-refractivity contribution in [3.63, 3.8) is 0 Å². The Morgan fingerprint density at radius 3 is 1.26 bits per heavy atom. The van der Waals surface area contributed by atoms with Gasteiger partial charge in [-0.2, -0.15) is 0 Å². The van der Waals surface area contributed by atoms with Gasteiger partial charge in [0.25, 0.3) is 0 Å². The van der Waals surface area contributed by atoms with Crippen molar-refractivity contribution in [2.24, 2.45) is 0 Å². The molecule has 0 saturated heterocycles. The van der Waals surface area contributed by atoms with E-state index < -0.39 is 102 Å². The van der Waals surface area contributed by atoms with E-state index in [2.05, 4.69) is 0 Å². The minimum absolute atomic E-state index is 0.393. The van der Waals surface area contributed by atoms with E-state index in [9.17, 15) is 69.3 Å². The predicted octanol–water partition coefficient (Wildman–Crippen LogP) is 1.88. The van der Waals surface area contributed by atoms with Crippen LogP contribution in [0.25, 0.3) is 21.5 Å². The summed E-state index contributed by atoms with van der Waals surface area (Å²) in [6.45, 7) is 0. The van der Waals surface area contributed by atoms with Crippen molar-refractivity contribution in [1.82, 2.24) is 0 Å². The number of carbonyl (C=O) groups is 7. The minimum atomic E-state index is -2.22. The molecule has 3 rings (SSSR count). The third-order valence-corrected chi connectivity index (χ3v) is 5.09. The molecule has 0 bridgehead atoms. The minimum Gasteiger partial charge on any atom is -0.478 e. The van der Waals surface area contributed by atoms with Gasteiger partial charge in [-0.15, -0.1) is 0 Å². The lowest BCUT2D eigenvalue weighted by atomic mass is 9.83. The summed E-state index contributed by atoms with van der Waals surface area (Å²) in [5, 5.41) is 64.3. The summed E-state index contributed by atoms with van der Waals surface area (Å²) in [5.41, 5.74) is -8.96. The van der Waals surface area contributed by atoms with Gasteiger partial charge in [0.15, 0.2) is 0 Å². The van der Waals surface area contributed by atoms with Crippen LogP contribution in [0.15, 0.2) is 18.2 Å². The third-order valence-electron chi connectivity index (χ3n) is 5.09. The van der Waals surface area contributed by atoms with Gasteiger partial charge in [-0.3, -0.25) is 0 Å². The molecule has 3 aromatic rings. The topological polar surface area (TPSA) is 261 Å². The third kappa shape index (κ3) is 3.50. The number of rotatable bonds is 7. The Labute approximate surface area is 190 Å². The molecule has 178 valence electrons. The normalized spacial score (nSPS) is 10.7. The van der Waals surface area contributed by atoms with Crippen LogP contribution in [0, 0.1) is 0 Å². The van der Waals surface area contributed by atoms with Crippen LogP contribution in [0.3, 0.4) is 0 Å². The number of fused-ring (bicyclic) bond motifs is 2. The van der Waals surface area contributed by atoms with Crippen LogP contribution in [0.5, 0.6) is 0 Å². The Morgan fingerprint density at radius 2 is 0.857 bits per heavy atom. The van der Waals surface area contributed by atoms with Gasteiger partial charge in [0.05, 0.1) is 38.9 Å². The first-order valence-electron chi connectivity index (χ1n) is 8.98. The molecule has 0 atom stereocenters. The highest BCUT2D eigenvalue weighted by Gasteiger charge is 2.37. The molecule has 0 aliphatic carbocycles. The zero-order valence-corrected chi connectivity index (χ0v) is 16.7. The number of carboxylic acids is 7. The summed E-state index contributed by atoms with van der Waals surface area (Å²) in [5.74, 6) is -14.4. The second-order valence-electron chi connectivity index (χ2n) is 6.90. The summed E-state index contributed by atoms with van der Waals surface area (Å²) in [4.78, 5) is 83.6. The number of aromatic carboxylic acids is 7. The Balaban J connectivity index is 2.97. The number of benzene rings is 3. The van der Waals surface area contributed by atoms with E-state index in [4.69, 9.17) is 0 Å². The molecule has 0 aliphatic rings. The maximum absolute atomic E-state index is 12.3. The first-order chi connectivity index (χ1) is 16.2. The summed E-state index contributed by atoms with van der Waals surface area (Å²) in [6, 6.07) is 2.44. The van der Waals surface area contributed by atoms with E-state index in [1.54, 1.807) is 0 Å². The zero-order valence-electron chi connectivity index (χ0n) is 16.7. The maximum atomic E-state index is 12.3.